The van der Waals surface area contributed by atoms with E-state index in [-0.39, 0.29) is 6.61 Å². The number of ether oxygens (including phenoxy) is 1. The molecule has 0 radical (unpaired) electrons. The van der Waals surface area contributed by atoms with E-state index in [2.05, 4.69) is 54.9 Å². The Bertz CT molecular complexity index is 606. The third kappa shape index (κ3) is 3.41. The highest BCUT2D eigenvalue weighted by atomic mass is 79.9. The van der Waals surface area contributed by atoms with Crippen molar-refractivity contribution in [3.05, 3.63) is 57.6 Å². The van der Waals surface area contributed by atoms with Gasteiger partial charge in [0.1, 0.15) is 11.5 Å². The summed E-state index contributed by atoms with van der Waals surface area (Å²) in [5.74, 6) is 2.05. The molecule has 2 aromatic rings. The van der Waals surface area contributed by atoms with E-state index in [0.29, 0.717) is 5.92 Å². The number of halogens is 1. The van der Waals surface area contributed by atoms with Crippen LogP contribution in [-0.2, 0) is 6.61 Å². The van der Waals surface area contributed by atoms with E-state index in [1.54, 1.807) is 0 Å². The minimum Gasteiger partial charge on any atom is -0.456 e. The average Bonchev–Trinajstić information content (AvgIpc) is 2.40. The number of hydrogen-bond donors (Lipinski definition) is 1. The van der Waals surface area contributed by atoms with Crippen molar-refractivity contribution in [3.63, 3.8) is 0 Å². The van der Waals surface area contributed by atoms with Gasteiger partial charge in [0.15, 0.2) is 0 Å². The number of benzene rings is 2. The summed E-state index contributed by atoms with van der Waals surface area (Å²) in [5, 5.41) is 9.13. The van der Waals surface area contributed by atoms with E-state index in [1.807, 2.05) is 18.2 Å². The van der Waals surface area contributed by atoms with Crippen LogP contribution in [0.4, 0.5) is 0 Å². The first-order valence-electron chi connectivity index (χ1n) is 6.69. The van der Waals surface area contributed by atoms with E-state index in [4.69, 9.17) is 9.84 Å². The highest BCUT2D eigenvalue weighted by Crippen LogP contribution is 2.35. The van der Waals surface area contributed by atoms with Crippen molar-refractivity contribution in [1.82, 2.24) is 0 Å². The fourth-order valence-corrected chi connectivity index (χ4v) is 2.56. The zero-order chi connectivity index (χ0) is 14.7. The summed E-state index contributed by atoms with van der Waals surface area (Å²) in [4.78, 5) is 0. The fourth-order valence-electron chi connectivity index (χ4n) is 2.05. The lowest BCUT2D eigenvalue weighted by atomic mass is 10.0. The van der Waals surface area contributed by atoms with Gasteiger partial charge in [0.2, 0.25) is 0 Å². The third-order valence-corrected chi connectivity index (χ3v) is 3.81. The molecule has 0 aliphatic rings. The van der Waals surface area contributed by atoms with Crippen molar-refractivity contribution in [2.24, 2.45) is 0 Å². The topological polar surface area (TPSA) is 29.5 Å². The van der Waals surface area contributed by atoms with Crippen LogP contribution in [-0.4, -0.2) is 5.11 Å². The molecule has 0 heterocycles. The van der Waals surface area contributed by atoms with Crippen LogP contribution < -0.4 is 4.74 Å². The van der Waals surface area contributed by atoms with E-state index in [1.165, 1.54) is 11.1 Å². The van der Waals surface area contributed by atoms with Crippen molar-refractivity contribution in [2.45, 2.75) is 33.3 Å². The monoisotopic (exact) mass is 334 g/mol. The Hall–Kier alpha value is -1.32. The second-order valence-electron chi connectivity index (χ2n) is 5.22. The molecular weight excluding hydrogens is 316 g/mol. The number of rotatable bonds is 4. The minimum absolute atomic E-state index is 0.0283. The van der Waals surface area contributed by atoms with Crippen LogP contribution in [0.1, 0.15) is 36.5 Å². The zero-order valence-corrected chi connectivity index (χ0v) is 13.6. The van der Waals surface area contributed by atoms with Gasteiger partial charge in [0, 0.05) is 0 Å². The van der Waals surface area contributed by atoms with Gasteiger partial charge in [-0.2, -0.15) is 0 Å². The van der Waals surface area contributed by atoms with Gasteiger partial charge in [-0.05, 0) is 63.7 Å². The zero-order valence-electron chi connectivity index (χ0n) is 12.0. The van der Waals surface area contributed by atoms with Crippen molar-refractivity contribution >= 4 is 15.9 Å². The van der Waals surface area contributed by atoms with Crippen LogP contribution in [0.25, 0.3) is 0 Å². The van der Waals surface area contributed by atoms with Gasteiger partial charge in [-0.1, -0.05) is 32.0 Å². The number of aliphatic hydroxyl groups excluding tert-OH is 1. The lowest BCUT2D eigenvalue weighted by molar-refractivity contribution is 0.281. The van der Waals surface area contributed by atoms with Gasteiger partial charge in [-0.25, -0.2) is 0 Å². The first-order chi connectivity index (χ1) is 9.51. The Morgan fingerprint density at radius 3 is 2.45 bits per heavy atom. The summed E-state index contributed by atoms with van der Waals surface area (Å²) >= 11 is 3.49. The van der Waals surface area contributed by atoms with Crippen LogP contribution in [0, 0.1) is 6.92 Å². The molecular formula is C17H19BrO2. The van der Waals surface area contributed by atoms with Gasteiger partial charge >= 0.3 is 0 Å². The molecule has 0 bridgehead atoms. The summed E-state index contributed by atoms with van der Waals surface area (Å²) in [6.07, 6.45) is 0. The molecule has 0 aliphatic heterocycles. The molecule has 0 spiro atoms. The number of aliphatic hydroxyl groups is 1. The number of hydrogen-bond acceptors (Lipinski definition) is 2. The number of aryl methyl sites for hydroxylation is 1. The molecule has 0 unspecified atom stereocenters. The first kappa shape index (κ1) is 15.1. The van der Waals surface area contributed by atoms with Crippen LogP contribution in [0.3, 0.4) is 0 Å². The fraction of sp³-hybridized carbons (Fsp3) is 0.294. The van der Waals surface area contributed by atoms with Crippen molar-refractivity contribution in [2.75, 3.05) is 0 Å². The molecule has 3 heteroatoms. The molecule has 0 saturated heterocycles. The molecule has 20 heavy (non-hydrogen) atoms. The molecule has 1 N–H and O–H groups in total. The summed E-state index contributed by atoms with van der Waals surface area (Å²) in [6, 6.07) is 11.9. The van der Waals surface area contributed by atoms with Crippen molar-refractivity contribution in [1.29, 1.82) is 0 Å². The van der Waals surface area contributed by atoms with Gasteiger partial charge in [-0.3, -0.25) is 0 Å². The van der Waals surface area contributed by atoms with Crippen LogP contribution in [0.2, 0.25) is 0 Å². The smallest absolute Gasteiger partial charge is 0.141 e. The minimum atomic E-state index is 0.0283. The molecule has 0 atom stereocenters. The summed E-state index contributed by atoms with van der Waals surface area (Å²) in [6.45, 7) is 6.39. The predicted molar refractivity (Wildman–Crippen MR) is 85.4 cm³/mol. The van der Waals surface area contributed by atoms with Crippen LogP contribution in [0.15, 0.2) is 40.9 Å². The Labute approximate surface area is 128 Å². The van der Waals surface area contributed by atoms with E-state index >= 15 is 0 Å². The summed E-state index contributed by atoms with van der Waals surface area (Å²) < 4.78 is 6.90. The quantitative estimate of drug-likeness (QED) is 0.836. The van der Waals surface area contributed by atoms with Gasteiger partial charge in [0.05, 0.1) is 11.1 Å². The molecule has 0 aliphatic carbocycles. The van der Waals surface area contributed by atoms with Crippen molar-refractivity contribution in [3.8, 4) is 11.5 Å². The third-order valence-electron chi connectivity index (χ3n) is 3.19. The van der Waals surface area contributed by atoms with Crippen LogP contribution >= 0.6 is 15.9 Å². The van der Waals surface area contributed by atoms with Gasteiger partial charge in [-0.15, -0.1) is 0 Å². The lowest BCUT2D eigenvalue weighted by Crippen LogP contribution is -1.95. The summed E-state index contributed by atoms with van der Waals surface area (Å²) in [7, 11) is 0. The van der Waals surface area contributed by atoms with E-state index in [9.17, 15) is 0 Å². The maximum atomic E-state index is 9.13. The van der Waals surface area contributed by atoms with Gasteiger partial charge in [0.25, 0.3) is 0 Å². The Kier molecular flexibility index (Phi) is 4.84. The maximum absolute atomic E-state index is 9.13. The average molecular weight is 335 g/mol. The van der Waals surface area contributed by atoms with E-state index in [0.717, 1.165) is 21.5 Å². The first-order valence-corrected chi connectivity index (χ1v) is 7.48. The Morgan fingerprint density at radius 2 is 1.85 bits per heavy atom. The molecule has 2 aromatic carbocycles. The molecule has 106 valence electrons. The Balaban J connectivity index is 2.36. The maximum Gasteiger partial charge on any atom is 0.141 e. The highest BCUT2D eigenvalue weighted by Gasteiger charge is 2.11. The molecule has 0 amide bonds. The van der Waals surface area contributed by atoms with E-state index < -0.39 is 0 Å². The molecule has 0 fully saturated rings. The molecule has 2 nitrogen and oxygen atoms in total. The van der Waals surface area contributed by atoms with Crippen LogP contribution in [0.5, 0.6) is 11.5 Å². The SMILES string of the molecule is Cc1ccc(C(C)C)c(Oc2ccc(CO)cc2Br)c1. The second kappa shape index (κ2) is 6.42. The second-order valence-corrected chi connectivity index (χ2v) is 6.08. The summed E-state index contributed by atoms with van der Waals surface area (Å²) in [5.41, 5.74) is 3.22. The predicted octanol–water partition coefficient (Wildman–Crippen LogP) is 5.17. The highest BCUT2D eigenvalue weighted by molar-refractivity contribution is 9.10. The van der Waals surface area contributed by atoms with Gasteiger partial charge < -0.3 is 9.84 Å². The van der Waals surface area contributed by atoms with Crippen molar-refractivity contribution < 1.29 is 9.84 Å². The largest absolute Gasteiger partial charge is 0.456 e. The normalized spacial score (nSPS) is 10.9. The lowest BCUT2D eigenvalue weighted by Gasteiger charge is -2.15. The molecule has 2 rings (SSSR count). The molecule has 0 aromatic heterocycles. The Morgan fingerprint density at radius 1 is 1.10 bits per heavy atom. The standard InChI is InChI=1S/C17H19BrO2/c1-11(2)14-6-4-12(3)8-17(14)20-16-7-5-13(10-19)9-15(16)18/h4-9,11,19H,10H2,1-3H3. The molecule has 0 saturated carbocycles.